The smallest absolute Gasteiger partial charge is 0.201 e. The minimum atomic E-state index is -1.08. The first-order valence-electron chi connectivity index (χ1n) is 13.7. The third-order valence-corrected chi connectivity index (χ3v) is 5.92. The van der Waals surface area contributed by atoms with Crippen LogP contribution in [0.25, 0.3) is 16.8 Å². The summed E-state index contributed by atoms with van der Waals surface area (Å²) in [5.74, 6) is -2.53. The number of Topliss-reactive ketones (excluding diaryl/α,β-unsaturated/α-hetero) is 1. The molecular weight excluding hydrogens is 512 g/mol. The number of allylic oxidation sites excluding steroid dienone is 1. The van der Waals surface area contributed by atoms with Gasteiger partial charge >= 0.3 is 0 Å². The van der Waals surface area contributed by atoms with Crippen LogP contribution in [0.5, 0.6) is 5.75 Å². The number of benzene rings is 1. The zero-order chi connectivity index (χ0) is 30.6. The molecule has 0 atom stereocenters. The molecule has 9 heteroatoms. The number of hydrogen-bond donors (Lipinski definition) is 2. The normalized spacial score (nSPS) is 12.2. The summed E-state index contributed by atoms with van der Waals surface area (Å²) >= 11 is 0. The molecule has 0 aliphatic rings. The molecule has 220 valence electrons. The Morgan fingerprint density at radius 2 is 1.77 bits per heavy atom. The molecule has 0 fully saturated rings. The standard InChI is InChI=1S/C27H33F2N5O2.2C2H6/c1-16(32-6)19(24(30)26(35)27(2,3)4)11-12-36-25-20(8-9-21(28)23(25)29)17-7-10-22-33-14-18(13-31-5)34(22)15-17;2*1-2/h7-10,14-15,31H,11-13,30H2,1-6H3;2*1-2H3/b24-19-,32-16?;;. The molecule has 1 aromatic carbocycles. The number of pyridine rings is 1. The molecule has 3 rings (SSSR count). The van der Waals surface area contributed by atoms with Gasteiger partial charge in [0.2, 0.25) is 5.82 Å². The fourth-order valence-corrected chi connectivity index (χ4v) is 3.84. The number of carbonyl (C=O) groups is 1. The van der Waals surface area contributed by atoms with E-state index >= 15 is 0 Å². The summed E-state index contributed by atoms with van der Waals surface area (Å²) in [5.41, 5.74) is 9.41. The van der Waals surface area contributed by atoms with E-state index in [0.29, 0.717) is 29.0 Å². The van der Waals surface area contributed by atoms with Crippen LogP contribution < -0.4 is 15.8 Å². The van der Waals surface area contributed by atoms with Crippen molar-refractivity contribution in [3.8, 4) is 16.9 Å². The summed E-state index contributed by atoms with van der Waals surface area (Å²) < 4.78 is 36.8. The molecule has 2 heterocycles. The third-order valence-electron chi connectivity index (χ3n) is 5.92. The number of aliphatic imine (C=N–C) groups is 1. The van der Waals surface area contributed by atoms with E-state index in [4.69, 9.17) is 10.5 Å². The predicted molar refractivity (Wildman–Crippen MR) is 161 cm³/mol. The highest BCUT2D eigenvalue weighted by molar-refractivity contribution is 6.08. The number of hydrogen-bond acceptors (Lipinski definition) is 6. The molecule has 3 N–H and O–H groups in total. The molecule has 0 bridgehead atoms. The summed E-state index contributed by atoms with van der Waals surface area (Å²) in [4.78, 5) is 21.3. The maximum absolute atomic E-state index is 15.0. The molecule has 0 saturated heterocycles. The van der Waals surface area contributed by atoms with Crippen LogP contribution >= 0.6 is 0 Å². The van der Waals surface area contributed by atoms with Gasteiger partial charge in [-0.15, -0.1) is 0 Å². The fraction of sp³-hybridized carbons (Fsp3) is 0.452. The number of nitrogens with one attached hydrogen (secondary N) is 1. The lowest BCUT2D eigenvalue weighted by molar-refractivity contribution is -0.122. The van der Waals surface area contributed by atoms with Gasteiger partial charge in [-0.1, -0.05) is 48.5 Å². The SMILES string of the molecule is CC.CC.CN=C(C)/C(CCOc1c(-c2ccc3ncc(CNC)n3c2)ccc(F)c1F)=C(\N)C(=O)C(C)(C)C. The Balaban J connectivity index is 0.00000191. The van der Waals surface area contributed by atoms with E-state index in [1.165, 1.54) is 6.07 Å². The number of ether oxygens (including phenoxy) is 1. The molecule has 2 aromatic heterocycles. The van der Waals surface area contributed by atoms with E-state index < -0.39 is 17.0 Å². The van der Waals surface area contributed by atoms with Crippen molar-refractivity contribution in [2.75, 3.05) is 20.7 Å². The van der Waals surface area contributed by atoms with Crippen LogP contribution in [0.15, 0.2) is 52.9 Å². The zero-order valence-electron chi connectivity index (χ0n) is 25.6. The number of carbonyl (C=O) groups excluding carboxylic acids is 1. The molecule has 0 radical (unpaired) electrons. The van der Waals surface area contributed by atoms with Crippen molar-refractivity contribution in [1.29, 1.82) is 0 Å². The van der Waals surface area contributed by atoms with Gasteiger partial charge in [0.15, 0.2) is 17.3 Å². The Hall–Kier alpha value is -3.59. The Morgan fingerprint density at radius 1 is 1.12 bits per heavy atom. The number of nitrogens with zero attached hydrogens (tertiary/aromatic N) is 3. The van der Waals surface area contributed by atoms with Crippen LogP contribution in [-0.2, 0) is 11.3 Å². The number of nitrogens with two attached hydrogens (primary N) is 1. The van der Waals surface area contributed by atoms with Gasteiger partial charge in [0.25, 0.3) is 0 Å². The molecular formula is C31H45F2N5O2. The van der Waals surface area contributed by atoms with E-state index in [0.717, 1.165) is 17.4 Å². The molecule has 0 saturated carbocycles. The minimum Gasteiger partial charge on any atom is -0.489 e. The predicted octanol–water partition coefficient (Wildman–Crippen LogP) is 6.74. The van der Waals surface area contributed by atoms with Crippen LogP contribution in [0, 0.1) is 17.0 Å². The van der Waals surface area contributed by atoms with Gasteiger partial charge in [-0.2, -0.15) is 4.39 Å². The topological polar surface area (TPSA) is 94.0 Å². The molecule has 3 aromatic rings. The van der Waals surface area contributed by atoms with Crippen molar-refractivity contribution in [3.05, 3.63) is 65.3 Å². The van der Waals surface area contributed by atoms with E-state index in [2.05, 4.69) is 15.3 Å². The monoisotopic (exact) mass is 557 g/mol. The van der Waals surface area contributed by atoms with Crippen LogP contribution in [0.2, 0.25) is 0 Å². The van der Waals surface area contributed by atoms with Crippen molar-refractivity contribution in [2.24, 2.45) is 16.1 Å². The molecule has 0 aliphatic heterocycles. The van der Waals surface area contributed by atoms with Crippen molar-refractivity contribution >= 4 is 17.1 Å². The van der Waals surface area contributed by atoms with Gasteiger partial charge < -0.3 is 20.2 Å². The lowest BCUT2D eigenvalue weighted by Crippen LogP contribution is -2.29. The summed E-state index contributed by atoms with van der Waals surface area (Å²) in [7, 11) is 3.43. The number of imidazole rings is 1. The Kier molecular flexibility index (Phi) is 13.7. The Morgan fingerprint density at radius 3 is 2.35 bits per heavy atom. The largest absolute Gasteiger partial charge is 0.489 e. The lowest BCUT2D eigenvalue weighted by Gasteiger charge is -2.20. The quantitative estimate of drug-likeness (QED) is 0.225. The first-order chi connectivity index (χ1) is 19.0. The third kappa shape index (κ3) is 8.21. The lowest BCUT2D eigenvalue weighted by atomic mass is 9.86. The van der Waals surface area contributed by atoms with Gasteiger partial charge in [0, 0.05) is 54.0 Å². The molecule has 0 unspecified atom stereocenters. The zero-order valence-corrected chi connectivity index (χ0v) is 25.6. The molecule has 7 nitrogen and oxygen atoms in total. The summed E-state index contributed by atoms with van der Waals surface area (Å²) in [5, 5.41) is 3.08. The average molecular weight is 558 g/mol. The van der Waals surface area contributed by atoms with Gasteiger partial charge in [-0.25, -0.2) is 9.37 Å². The van der Waals surface area contributed by atoms with E-state index in [1.807, 2.05) is 45.3 Å². The molecule has 40 heavy (non-hydrogen) atoms. The first kappa shape index (κ1) is 34.4. The highest BCUT2D eigenvalue weighted by Gasteiger charge is 2.26. The second-order valence-corrected chi connectivity index (χ2v) is 9.54. The van der Waals surface area contributed by atoms with Crippen molar-refractivity contribution in [2.45, 2.75) is 68.4 Å². The number of fused-ring (bicyclic) bond motifs is 1. The van der Waals surface area contributed by atoms with Crippen LogP contribution in [0.1, 0.15) is 67.5 Å². The van der Waals surface area contributed by atoms with Crippen LogP contribution in [0.3, 0.4) is 0 Å². The van der Waals surface area contributed by atoms with Crippen molar-refractivity contribution in [1.82, 2.24) is 14.7 Å². The summed E-state index contributed by atoms with van der Waals surface area (Å²) in [6.07, 6.45) is 3.76. The highest BCUT2D eigenvalue weighted by Crippen LogP contribution is 2.34. The van der Waals surface area contributed by atoms with Crippen LogP contribution in [0.4, 0.5) is 8.78 Å². The van der Waals surface area contributed by atoms with E-state index in [-0.39, 0.29) is 30.3 Å². The Labute approximate surface area is 237 Å². The number of ketones is 1. The maximum atomic E-state index is 15.0. The van der Waals surface area contributed by atoms with E-state index in [9.17, 15) is 13.6 Å². The molecule has 0 aliphatic carbocycles. The average Bonchev–Trinajstić information content (AvgIpc) is 3.36. The van der Waals surface area contributed by atoms with Crippen molar-refractivity contribution in [3.63, 3.8) is 0 Å². The van der Waals surface area contributed by atoms with Gasteiger partial charge in [-0.05, 0) is 38.2 Å². The maximum Gasteiger partial charge on any atom is 0.201 e. The van der Waals surface area contributed by atoms with E-state index in [1.54, 1.807) is 53.1 Å². The first-order valence-corrected chi connectivity index (χ1v) is 13.7. The summed E-state index contributed by atoms with van der Waals surface area (Å²) in [6.45, 7) is 15.6. The number of halogens is 2. The Bertz CT molecular complexity index is 1340. The highest BCUT2D eigenvalue weighted by atomic mass is 19.2. The van der Waals surface area contributed by atoms with Crippen LogP contribution in [-0.4, -0.2) is 41.6 Å². The molecule has 0 spiro atoms. The number of rotatable bonds is 9. The second-order valence-electron chi connectivity index (χ2n) is 9.54. The second kappa shape index (κ2) is 15.9. The molecule has 0 amide bonds. The van der Waals surface area contributed by atoms with Gasteiger partial charge in [0.05, 0.1) is 24.2 Å². The fourth-order valence-electron chi connectivity index (χ4n) is 3.84. The minimum absolute atomic E-state index is 0.0357. The number of aromatic nitrogens is 2. The van der Waals surface area contributed by atoms with Gasteiger partial charge in [-0.3, -0.25) is 9.79 Å². The van der Waals surface area contributed by atoms with Crippen molar-refractivity contribution < 1.29 is 18.3 Å². The van der Waals surface area contributed by atoms with Gasteiger partial charge in [0.1, 0.15) is 5.65 Å². The summed E-state index contributed by atoms with van der Waals surface area (Å²) in [6, 6.07) is 6.14.